The number of benzene rings is 1. The van der Waals surface area contributed by atoms with Crippen LogP contribution in [-0.2, 0) is 0 Å². The predicted octanol–water partition coefficient (Wildman–Crippen LogP) is 3.03. The van der Waals surface area contributed by atoms with Crippen LogP contribution in [0.2, 0.25) is 0 Å². The van der Waals surface area contributed by atoms with Crippen molar-refractivity contribution in [3.8, 4) is 6.07 Å². The first-order chi connectivity index (χ1) is 5.74. The quantitative estimate of drug-likeness (QED) is 0.579. The minimum Gasteiger partial charge on any atom is -0.206 e. The van der Waals surface area contributed by atoms with Crippen LogP contribution >= 0.6 is 0 Å². The summed E-state index contributed by atoms with van der Waals surface area (Å²) >= 11 is 0. The van der Waals surface area contributed by atoms with Crippen molar-refractivity contribution >= 4 is 0 Å². The minimum atomic E-state index is -0.442. The molecule has 0 spiro atoms. The summed E-state index contributed by atoms with van der Waals surface area (Å²) < 4.78 is 12.6. The molecule has 1 rings (SSSR count). The Hall–Kier alpha value is -1.36. The Labute approximate surface area is 72.5 Å². The van der Waals surface area contributed by atoms with E-state index in [9.17, 15) is 4.39 Å². The third-order valence-corrected chi connectivity index (χ3v) is 1.25. The van der Waals surface area contributed by atoms with E-state index in [1.807, 2.05) is 13.8 Å². The molecule has 0 aliphatic heterocycles. The number of hydrogen-bond donors (Lipinski definition) is 0. The molecular formula is C10H12FN. The lowest BCUT2D eigenvalue weighted by Crippen LogP contribution is -1.82. The summed E-state index contributed by atoms with van der Waals surface area (Å²) in [4.78, 5) is 0. The molecule has 0 atom stereocenters. The summed E-state index contributed by atoms with van der Waals surface area (Å²) in [6.45, 7) is 5.78. The Bertz CT molecular complexity index is 286. The van der Waals surface area contributed by atoms with Crippen molar-refractivity contribution in [2.75, 3.05) is 0 Å². The summed E-state index contributed by atoms with van der Waals surface area (Å²) in [5, 5.41) is 8.32. The van der Waals surface area contributed by atoms with E-state index in [0.29, 0.717) is 0 Å². The highest BCUT2D eigenvalue weighted by Crippen LogP contribution is 2.07. The molecule has 0 radical (unpaired) electrons. The molecule has 0 heterocycles. The van der Waals surface area contributed by atoms with Crippen molar-refractivity contribution in [2.24, 2.45) is 0 Å². The molecule has 64 valence electrons. The second-order valence-corrected chi connectivity index (χ2v) is 2.10. The average Bonchev–Trinajstić information content (AvgIpc) is 2.08. The Morgan fingerprint density at radius 3 is 2.33 bits per heavy atom. The van der Waals surface area contributed by atoms with Crippen LogP contribution in [0.1, 0.15) is 25.0 Å². The molecule has 2 heteroatoms. The molecule has 0 saturated carbocycles. The van der Waals surface area contributed by atoms with Gasteiger partial charge in [-0.15, -0.1) is 0 Å². The Morgan fingerprint density at radius 1 is 1.33 bits per heavy atom. The zero-order valence-electron chi connectivity index (χ0n) is 7.56. The van der Waals surface area contributed by atoms with Crippen LogP contribution in [0.3, 0.4) is 0 Å². The van der Waals surface area contributed by atoms with Gasteiger partial charge in [0.05, 0.1) is 5.56 Å². The monoisotopic (exact) mass is 165 g/mol. The van der Waals surface area contributed by atoms with E-state index in [2.05, 4.69) is 0 Å². The maximum atomic E-state index is 12.6. The minimum absolute atomic E-state index is 0.102. The summed E-state index contributed by atoms with van der Waals surface area (Å²) in [7, 11) is 0. The van der Waals surface area contributed by atoms with Crippen LogP contribution < -0.4 is 0 Å². The van der Waals surface area contributed by atoms with E-state index in [1.54, 1.807) is 19.1 Å². The lowest BCUT2D eigenvalue weighted by molar-refractivity contribution is 0.623. The van der Waals surface area contributed by atoms with Gasteiger partial charge in [0.15, 0.2) is 0 Å². The van der Waals surface area contributed by atoms with Crippen molar-refractivity contribution < 1.29 is 4.39 Å². The largest absolute Gasteiger partial charge is 0.206 e. The van der Waals surface area contributed by atoms with Gasteiger partial charge in [-0.1, -0.05) is 19.9 Å². The Kier molecular flexibility index (Phi) is 4.71. The van der Waals surface area contributed by atoms with Crippen molar-refractivity contribution in [1.29, 1.82) is 5.26 Å². The molecule has 0 saturated heterocycles. The fraction of sp³-hybridized carbons (Fsp3) is 0.300. The van der Waals surface area contributed by atoms with Gasteiger partial charge in [-0.05, 0) is 24.6 Å². The first kappa shape index (κ1) is 10.6. The molecule has 0 fully saturated rings. The molecule has 1 aromatic rings. The maximum Gasteiger partial charge on any atom is 0.141 e. The molecule has 0 N–H and O–H groups in total. The van der Waals surface area contributed by atoms with E-state index >= 15 is 0 Å². The molecule has 0 aromatic heterocycles. The molecule has 0 amide bonds. The highest BCUT2D eigenvalue weighted by atomic mass is 19.1. The van der Waals surface area contributed by atoms with Crippen molar-refractivity contribution in [1.82, 2.24) is 0 Å². The second-order valence-electron chi connectivity index (χ2n) is 2.10. The van der Waals surface area contributed by atoms with E-state index < -0.39 is 5.82 Å². The number of halogens is 1. The highest BCUT2D eigenvalue weighted by Gasteiger charge is 1.98. The number of aryl methyl sites for hydroxylation is 1. The lowest BCUT2D eigenvalue weighted by atomic mass is 10.1. The van der Waals surface area contributed by atoms with Gasteiger partial charge >= 0.3 is 0 Å². The fourth-order valence-corrected chi connectivity index (χ4v) is 0.711. The SMILES string of the molecule is CC.Cc1ccc(C#N)c(F)c1. The smallest absolute Gasteiger partial charge is 0.141 e. The molecule has 12 heavy (non-hydrogen) atoms. The van der Waals surface area contributed by atoms with Crippen LogP contribution in [0.15, 0.2) is 18.2 Å². The first-order valence-corrected chi connectivity index (χ1v) is 3.90. The third-order valence-electron chi connectivity index (χ3n) is 1.25. The molecular weight excluding hydrogens is 153 g/mol. The first-order valence-electron chi connectivity index (χ1n) is 3.90. The van der Waals surface area contributed by atoms with Gasteiger partial charge in [0.25, 0.3) is 0 Å². The van der Waals surface area contributed by atoms with Crippen LogP contribution in [0.5, 0.6) is 0 Å². The highest BCUT2D eigenvalue weighted by molar-refractivity contribution is 5.32. The van der Waals surface area contributed by atoms with Crippen molar-refractivity contribution in [3.05, 3.63) is 35.1 Å². The Balaban J connectivity index is 0.000000561. The summed E-state index contributed by atoms with van der Waals surface area (Å²) in [6, 6.07) is 6.28. The van der Waals surface area contributed by atoms with Crippen LogP contribution in [0.4, 0.5) is 4.39 Å². The van der Waals surface area contributed by atoms with Gasteiger partial charge in [-0.2, -0.15) is 5.26 Å². The van der Waals surface area contributed by atoms with Gasteiger partial charge in [-0.25, -0.2) is 4.39 Å². The second kappa shape index (κ2) is 5.31. The van der Waals surface area contributed by atoms with Crippen LogP contribution in [0, 0.1) is 24.1 Å². The molecule has 0 aliphatic rings. The summed E-state index contributed by atoms with van der Waals surface area (Å²) in [6.07, 6.45) is 0. The summed E-state index contributed by atoms with van der Waals surface area (Å²) in [5.74, 6) is -0.442. The molecule has 1 nitrogen and oxygen atoms in total. The van der Waals surface area contributed by atoms with E-state index in [1.165, 1.54) is 12.1 Å². The predicted molar refractivity (Wildman–Crippen MR) is 47.2 cm³/mol. The standard InChI is InChI=1S/C8H6FN.C2H6/c1-6-2-3-7(5-10)8(9)4-6;1-2/h2-4H,1H3;1-2H3. The van der Waals surface area contributed by atoms with Crippen molar-refractivity contribution in [3.63, 3.8) is 0 Å². The van der Waals surface area contributed by atoms with Gasteiger partial charge in [0, 0.05) is 0 Å². The number of hydrogen-bond acceptors (Lipinski definition) is 1. The number of nitriles is 1. The Morgan fingerprint density at radius 2 is 1.92 bits per heavy atom. The molecule has 1 aromatic carbocycles. The van der Waals surface area contributed by atoms with E-state index in [4.69, 9.17) is 5.26 Å². The molecule has 0 unspecified atom stereocenters. The van der Waals surface area contributed by atoms with Gasteiger partial charge in [-0.3, -0.25) is 0 Å². The zero-order valence-corrected chi connectivity index (χ0v) is 7.56. The van der Waals surface area contributed by atoms with Crippen LogP contribution in [0.25, 0.3) is 0 Å². The fourth-order valence-electron chi connectivity index (χ4n) is 0.711. The summed E-state index contributed by atoms with van der Waals surface area (Å²) in [5.41, 5.74) is 0.933. The molecule has 0 bridgehead atoms. The van der Waals surface area contributed by atoms with Crippen LogP contribution in [-0.4, -0.2) is 0 Å². The molecule has 0 aliphatic carbocycles. The normalized spacial score (nSPS) is 7.92. The van der Waals surface area contributed by atoms with Gasteiger partial charge in [0.1, 0.15) is 11.9 Å². The number of rotatable bonds is 0. The maximum absolute atomic E-state index is 12.6. The lowest BCUT2D eigenvalue weighted by Gasteiger charge is -1.92. The van der Waals surface area contributed by atoms with Crippen molar-refractivity contribution in [2.45, 2.75) is 20.8 Å². The van der Waals surface area contributed by atoms with Gasteiger partial charge in [0.2, 0.25) is 0 Å². The number of nitrogens with zero attached hydrogens (tertiary/aromatic N) is 1. The van der Waals surface area contributed by atoms with E-state index in [-0.39, 0.29) is 5.56 Å². The topological polar surface area (TPSA) is 23.8 Å². The van der Waals surface area contributed by atoms with E-state index in [0.717, 1.165) is 5.56 Å². The zero-order chi connectivity index (χ0) is 9.56. The third kappa shape index (κ3) is 2.71. The van der Waals surface area contributed by atoms with Gasteiger partial charge < -0.3 is 0 Å². The average molecular weight is 165 g/mol.